The Bertz CT molecular complexity index is 491. The highest BCUT2D eigenvalue weighted by Gasteiger charge is 2.63. The van der Waals surface area contributed by atoms with Crippen LogP contribution < -0.4 is 0 Å². The van der Waals surface area contributed by atoms with Crippen LogP contribution in [0.15, 0.2) is 18.2 Å². The first-order chi connectivity index (χ1) is 9.52. The Morgan fingerprint density at radius 2 is 1.76 bits per heavy atom. The number of rotatable bonds is 5. The highest BCUT2D eigenvalue weighted by molar-refractivity contribution is 14.1. The molecular weight excluding hydrogens is 420 g/mol. The van der Waals surface area contributed by atoms with Crippen molar-refractivity contribution in [3.05, 3.63) is 33.1 Å². The van der Waals surface area contributed by atoms with E-state index >= 15 is 0 Å². The Hall–Kier alpha value is -0.580. The molecule has 9 heteroatoms. The molecule has 0 amide bonds. The maximum absolute atomic E-state index is 13.7. The van der Waals surface area contributed by atoms with Gasteiger partial charge in [-0.1, -0.05) is 6.07 Å². The van der Waals surface area contributed by atoms with Gasteiger partial charge in [-0.15, -0.1) is 0 Å². The summed E-state index contributed by atoms with van der Waals surface area (Å²) in [6, 6.07) is 3.26. The van der Waals surface area contributed by atoms with Gasteiger partial charge in [-0.25, -0.2) is 17.6 Å². The van der Waals surface area contributed by atoms with Crippen LogP contribution >= 0.6 is 22.6 Å². The summed E-state index contributed by atoms with van der Waals surface area (Å²) < 4.78 is 94.5. The van der Waals surface area contributed by atoms with Gasteiger partial charge in [-0.3, -0.25) is 0 Å². The van der Waals surface area contributed by atoms with Gasteiger partial charge < -0.3 is 4.74 Å². The average Bonchev–Trinajstić information content (AvgIpc) is 2.37. The summed E-state index contributed by atoms with van der Waals surface area (Å²) in [6.07, 6.45) is -13.4. The minimum atomic E-state index is -5.76. The van der Waals surface area contributed by atoms with E-state index in [1.807, 2.05) is 0 Å². The molecule has 0 aliphatic carbocycles. The number of hydrogen-bond donors (Lipinski definition) is 0. The van der Waals surface area contributed by atoms with Crippen LogP contribution in [0, 0.1) is 9.39 Å². The summed E-state index contributed by atoms with van der Waals surface area (Å²) >= 11 is 1.64. The van der Waals surface area contributed by atoms with Crippen molar-refractivity contribution in [3.8, 4) is 0 Å². The van der Waals surface area contributed by atoms with Gasteiger partial charge in [0.15, 0.2) is 0 Å². The Kier molecular flexibility index (Phi) is 5.87. The van der Waals surface area contributed by atoms with Gasteiger partial charge in [0.25, 0.3) is 12.1 Å². The molecule has 1 aromatic rings. The molecule has 0 aromatic heterocycles. The summed E-state index contributed by atoms with van der Waals surface area (Å²) in [5, 5.41) is 0. The van der Waals surface area contributed by atoms with E-state index in [4.69, 9.17) is 0 Å². The molecule has 0 radical (unpaired) electrons. The smallest absolute Gasteiger partial charge is 0.377 e. The van der Waals surface area contributed by atoms with E-state index in [1.165, 1.54) is 12.1 Å². The number of methoxy groups -OCH3 is 1. The lowest BCUT2D eigenvalue weighted by Gasteiger charge is -2.30. The fourth-order valence-electron chi connectivity index (χ4n) is 1.65. The molecule has 1 aromatic carbocycles. The van der Waals surface area contributed by atoms with Crippen LogP contribution in [0.1, 0.15) is 18.1 Å². The lowest BCUT2D eigenvalue weighted by molar-refractivity contribution is -0.276. The van der Waals surface area contributed by atoms with E-state index in [0.29, 0.717) is 0 Å². The van der Waals surface area contributed by atoms with Gasteiger partial charge in [0.05, 0.1) is 6.10 Å². The van der Waals surface area contributed by atoms with Crippen molar-refractivity contribution in [3.63, 3.8) is 0 Å². The fourth-order valence-corrected chi connectivity index (χ4v) is 1.98. The first kappa shape index (κ1) is 18.5. The maximum Gasteiger partial charge on any atom is 0.428 e. The molecule has 21 heavy (non-hydrogen) atoms. The van der Waals surface area contributed by atoms with E-state index < -0.39 is 36.6 Å². The van der Waals surface area contributed by atoms with Gasteiger partial charge >= 0.3 is 6.18 Å². The zero-order chi connectivity index (χ0) is 16.4. The molecule has 1 nitrogen and oxygen atoms in total. The average molecular weight is 430 g/mol. The third-order valence-corrected chi connectivity index (χ3v) is 3.77. The fraction of sp³-hybridized carbons (Fsp3) is 0.500. The summed E-state index contributed by atoms with van der Waals surface area (Å²) in [5.74, 6) is -0.760. The van der Waals surface area contributed by atoms with Crippen molar-refractivity contribution in [2.45, 2.75) is 30.8 Å². The van der Waals surface area contributed by atoms with E-state index in [2.05, 4.69) is 4.74 Å². The number of halogens is 8. The van der Waals surface area contributed by atoms with E-state index in [9.17, 15) is 30.7 Å². The standard InChI is InChI=1S/C12H10F7IO/c1-21-9(6-2-3-8(20)7(13)4-6)5-11(16,10(14)15)12(17,18)19/h2-4,9-10H,5H2,1H3. The van der Waals surface area contributed by atoms with Gasteiger partial charge in [-0.05, 0) is 40.3 Å². The molecule has 0 bridgehead atoms. The van der Waals surface area contributed by atoms with Crippen LogP contribution in [0.2, 0.25) is 0 Å². The quantitative estimate of drug-likeness (QED) is 0.470. The SMILES string of the molecule is COC(CC(F)(C(F)F)C(F)(F)F)c1ccc(I)c(F)c1. The highest BCUT2D eigenvalue weighted by atomic mass is 127. The number of benzene rings is 1. The molecule has 0 heterocycles. The van der Waals surface area contributed by atoms with Crippen molar-refractivity contribution in [1.82, 2.24) is 0 Å². The Balaban J connectivity index is 3.12. The largest absolute Gasteiger partial charge is 0.428 e. The van der Waals surface area contributed by atoms with Crippen molar-refractivity contribution in [2.24, 2.45) is 0 Å². The maximum atomic E-state index is 13.7. The van der Waals surface area contributed by atoms with Crippen LogP contribution in [-0.2, 0) is 4.74 Å². The Labute approximate surface area is 129 Å². The van der Waals surface area contributed by atoms with Gasteiger partial charge in [0.1, 0.15) is 5.82 Å². The molecule has 2 atom stereocenters. The van der Waals surface area contributed by atoms with Gasteiger partial charge in [0.2, 0.25) is 0 Å². The van der Waals surface area contributed by atoms with E-state index in [0.717, 1.165) is 13.2 Å². The van der Waals surface area contributed by atoms with Gasteiger partial charge in [-0.2, -0.15) is 13.2 Å². The summed E-state index contributed by atoms with van der Waals surface area (Å²) in [7, 11) is 0.933. The number of hydrogen-bond acceptors (Lipinski definition) is 1. The summed E-state index contributed by atoms with van der Waals surface area (Å²) in [6.45, 7) is 0. The van der Waals surface area contributed by atoms with Gasteiger partial charge in [0, 0.05) is 17.1 Å². The lowest BCUT2D eigenvalue weighted by Crippen LogP contribution is -2.48. The summed E-state index contributed by atoms with van der Waals surface area (Å²) in [5.41, 5.74) is -4.88. The molecule has 0 N–H and O–H groups in total. The molecule has 1 rings (SSSR count). The predicted octanol–water partition coefficient (Wildman–Crippen LogP) is 5.04. The monoisotopic (exact) mass is 430 g/mol. The van der Waals surface area contributed by atoms with Crippen LogP contribution in [0.3, 0.4) is 0 Å². The molecule has 2 unspecified atom stereocenters. The second kappa shape index (κ2) is 6.67. The Morgan fingerprint density at radius 3 is 2.14 bits per heavy atom. The molecule has 0 spiro atoms. The number of alkyl halides is 6. The van der Waals surface area contributed by atoms with Crippen molar-refractivity contribution in [1.29, 1.82) is 0 Å². The van der Waals surface area contributed by atoms with E-state index in [-0.39, 0.29) is 9.13 Å². The normalized spacial score (nSPS) is 16.9. The molecular formula is C12H10F7IO. The predicted molar refractivity (Wildman–Crippen MR) is 69.4 cm³/mol. The molecule has 0 fully saturated rings. The minimum Gasteiger partial charge on any atom is -0.377 e. The molecule has 0 saturated heterocycles. The minimum absolute atomic E-state index is 0.151. The second-order valence-electron chi connectivity index (χ2n) is 4.26. The molecule has 0 aliphatic rings. The zero-order valence-corrected chi connectivity index (χ0v) is 12.7. The molecule has 120 valence electrons. The van der Waals surface area contributed by atoms with Crippen molar-refractivity contribution in [2.75, 3.05) is 7.11 Å². The van der Waals surface area contributed by atoms with Crippen LogP contribution in [-0.4, -0.2) is 25.4 Å². The highest BCUT2D eigenvalue weighted by Crippen LogP contribution is 2.45. The number of ether oxygens (including phenoxy) is 1. The topological polar surface area (TPSA) is 9.23 Å². The third-order valence-electron chi connectivity index (χ3n) is 2.90. The first-order valence-corrected chi connectivity index (χ1v) is 6.62. The molecule has 0 aliphatic heterocycles. The van der Waals surface area contributed by atoms with E-state index in [1.54, 1.807) is 22.6 Å². The lowest BCUT2D eigenvalue weighted by atomic mass is 9.93. The first-order valence-electron chi connectivity index (χ1n) is 5.54. The van der Waals surface area contributed by atoms with Crippen molar-refractivity contribution >= 4 is 22.6 Å². The van der Waals surface area contributed by atoms with Crippen LogP contribution in [0.4, 0.5) is 30.7 Å². The van der Waals surface area contributed by atoms with Crippen LogP contribution in [0.25, 0.3) is 0 Å². The third kappa shape index (κ3) is 3.99. The van der Waals surface area contributed by atoms with Crippen molar-refractivity contribution < 1.29 is 35.5 Å². The summed E-state index contributed by atoms with van der Waals surface area (Å²) in [4.78, 5) is 0. The zero-order valence-electron chi connectivity index (χ0n) is 10.5. The van der Waals surface area contributed by atoms with Crippen LogP contribution in [0.5, 0.6) is 0 Å². The second-order valence-corrected chi connectivity index (χ2v) is 5.43. The molecule has 0 saturated carbocycles. The Morgan fingerprint density at radius 1 is 1.19 bits per heavy atom.